The van der Waals surface area contributed by atoms with Crippen LogP contribution in [-0.4, -0.2) is 0 Å². The molecule has 0 bridgehead atoms. The van der Waals surface area contributed by atoms with Gasteiger partial charge in [-0.2, -0.15) is 0 Å². The number of rotatable bonds is 2. The smallest absolute Gasteiger partial charge is 0.0132 e. The van der Waals surface area contributed by atoms with Crippen molar-refractivity contribution in [3.8, 4) is 22.3 Å². The van der Waals surface area contributed by atoms with Crippen molar-refractivity contribution in [1.82, 2.24) is 0 Å². The van der Waals surface area contributed by atoms with E-state index >= 15 is 0 Å². The van der Waals surface area contributed by atoms with Gasteiger partial charge in [0, 0.05) is 0 Å². The molecule has 4 rings (SSSR count). The minimum Gasteiger partial charge on any atom is -0.0683 e. The summed E-state index contributed by atoms with van der Waals surface area (Å²) in [5.41, 5.74) is 8.23. The second-order valence-corrected chi connectivity index (χ2v) is 16.9. The quantitative estimate of drug-likeness (QED) is 0.195. The third-order valence-electron chi connectivity index (χ3n) is 4.74. The first-order valence-electron chi connectivity index (χ1n) is 19.8. The molecule has 0 aliphatic carbocycles. The van der Waals surface area contributed by atoms with Crippen LogP contribution in [0.4, 0.5) is 0 Å². The fourth-order valence-corrected chi connectivity index (χ4v) is 3.05. The van der Waals surface area contributed by atoms with E-state index in [9.17, 15) is 0 Å². The Kier molecular flexibility index (Phi) is 36.8. The van der Waals surface area contributed by atoms with Gasteiger partial charge >= 0.3 is 0 Å². The van der Waals surface area contributed by atoms with E-state index < -0.39 is 0 Å². The highest BCUT2D eigenvalue weighted by atomic mass is 14.2. The van der Waals surface area contributed by atoms with Gasteiger partial charge in [-0.05, 0) is 49.5 Å². The molecule has 0 heteroatoms. The van der Waals surface area contributed by atoms with E-state index in [1.54, 1.807) is 0 Å². The molecule has 292 valence electrons. The normalized spacial score (nSPS) is 9.86. The maximum absolute atomic E-state index is 2.22. The largest absolute Gasteiger partial charge is 0.0683 e. The first-order valence-corrected chi connectivity index (χ1v) is 19.8. The Bertz CT molecular complexity index is 1100. The maximum atomic E-state index is 2.22. The molecule has 0 aliphatic heterocycles. The molecule has 4 aromatic carbocycles. The van der Waals surface area contributed by atoms with Gasteiger partial charge in [-0.25, -0.2) is 0 Å². The van der Waals surface area contributed by atoms with Gasteiger partial charge in [0.2, 0.25) is 0 Å². The van der Waals surface area contributed by atoms with E-state index in [1.165, 1.54) is 27.8 Å². The summed E-state index contributed by atoms with van der Waals surface area (Å²) in [7, 11) is 0. The van der Waals surface area contributed by atoms with Crippen LogP contribution in [0.5, 0.6) is 0 Å². The fourth-order valence-electron chi connectivity index (χ4n) is 3.05. The second kappa shape index (κ2) is 32.8. The molecule has 0 radical (unpaired) electrons. The summed E-state index contributed by atoms with van der Waals surface area (Å²) in [6, 6.07) is 40.2. The standard InChI is InChI=1S/C18H14.C10H14.3C5H12.4C2H6/c1-3-7-15(8-4-1)17-11-13-18(14-12-17)16-9-5-2-6-10-16;1-10(2,3)9-7-5-4-6-8-9;3*1-5(2,3)4;4*1-2/h1-14H;4-8H,1-3H3;3*1-4H3;4*1-2H3. The minimum atomic E-state index is 0.293. The van der Waals surface area contributed by atoms with Gasteiger partial charge in [-0.1, -0.05) is 275 Å². The van der Waals surface area contributed by atoms with Crippen molar-refractivity contribution in [3.05, 3.63) is 121 Å². The molecule has 0 atom stereocenters. The Morgan fingerprint density at radius 2 is 0.392 bits per heavy atom. The monoisotopic (exact) mass is 701 g/mol. The van der Waals surface area contributed by atoms with Crippen molar-refractivity contribution in [2.75, 3.05) is 0 Å². The molecule has 0 heterocycles. The lowest BCUT2D eigenvalue weighted by molar-refractivity contribution is 0.469. The molecule has 0 saturated carbocycles. The summed E-state index contributed by atoms with van der Waals surface area (Å²) in [6.45, 7) is 48.9. The van der Waals surface area contributed by atoms with Gasteiger partial charge in [0.25, 0.3) is 0 Å². The van der Waals surface area contributed by atoms with Crippen molar-refractivity contribution in [1.29, 1.82) is 0 Å². The summed E-state index contributed by atoms with van der Waals surface area (Å²) in [5, 5.41) is 0. The van der Waals surface area contributed by atoms with Crippen molar-refractivity contribution < 1.29 is 0 Å². The highest BCUT2D eigenvalue weighted by Gasteiger charge is 2.11. The van der Waals surface area contributed by atoms with Gasteiger partial charge < -0.3 is 0 Å². The van der Waals surface area contributed by atoms with E-state index in [0.717, 1.165) is 0 Å². The molecule has 0 unspecified atom stereocenters. The minimum absolute atomic E-state index is 0.293. The van der Waals surface area contributed by atoms with Gasteiger partial charge in [-0.15, -0.1) is 0 Å². The topological polar surface area (TPSA) is 0 Å². The zero-order valence-electron chi connectivity index (χ0n) is 38.5. The first-order chi connectivity index (χ1) is 23.5. The lowest BCUT2D eigenvalue weighted by atomic mass is 9.87. The number of hydrogen-bond acceptors (Lipinski definition) is 0. The van der Waals surface area contributed by atoms with Crippen molar-refractivity contribution >= 4 is 0 Å². The summed E-state index contributed by atoms with van der Waals surface area (Å²) in [6.07, 6.45) is 0. The Morgan fingerprint density at radius 3 is 0.549 bits per heavy atom. The van der Waals surface area contributed by atoms with Crippen LogP contribution in [0.25, 0.3) is 22.3 Å². The average molecular weight is 701 g/mol. The second-order valence-electron chi connectivity index (χ2n) is 16.9. The van der Waals surface area contributed by atoms with Crippen LogP contribution in [0.2, 0.25) is 0 Å². The van der Waals surface area contributed by atoms with Gasteiger partial charge in [0.15, 0.2) is 0 Å². The lowest BCUT2D eigenvalue weighted by Crippen LogP contribution is -2.10. The predicted molar refractivity (Wildman–Crippen MR) is 243 cm³/mol. The van der Waals surface area contributed by atoms with Crippen LogP contribution in [0.1, 0.15) is 165 Å². The van der Waals surface area contributed by atoms with Crippen LogP contribution in [0.3, 0.4) is 0 Å². The summed E-state index contributed by atoms with van der Waals surface area (Å²) < 4.78 is 0. The van der Waals surface area contributed by atoms with Gasteiger partial charge in [0.05, 0.1) is 0 Å². The molecule has 0 aromatic heterocycles. The van der Waals surface area contributed by atoms with Crippen LogP contribution in [0.15, 0.2) is 115 Å². The van der Waals surface area contributed by atoms with Crippen LogP contribution in [0, 0.1) is 16.2 Å². The Balaban J connectivity index is -0.000000183. The molecule has 0 saturated heterocycles. The molecular weight excluding hydrogens is 613 g/mol. The Labute approximate surface area is 323 Å². The van der Waals surface area contributed by atoms with Crippen molar-refractivity contribution in [2.45, 2.75) is 165 Å². The van der Waals surface area contributed by atoms with Crippen LogP contribution < -0.4 is 0 Å². The highest BCUT2D eigenvalue weighted by molar-refractivity contribution is 5.70. The average Bonchev–Trinajstić information content (AvgIpc) is 3.07. The highest BCUT2D eigenvalue weighted by Crippen LogP contribution is 2.24. The van der Waals surface area contributed by atoms with Crippen molar-refractivity contribution in [2.24, 2.45) is 16.2 Å². The number of benzene rings is 4. The van der Waals surface area contributed by atoms with Gasteiger partial charge in [-0.3, -0.25) is 0 Å². The third kappa shape index (κ3) is 46.9. The molecule has 4 aromatic rings. The summed E-state index contributed by atoms with van der Waals surface area (Å²) >= 11 is 0. The Hall–Kier alpha value is -3.12. The molecule has 0 nitrogen and oxygen atoms in total. The SMILES string of the molecule is CC.CC.CC.CC.CC(C)(C)C.CC(C)(C)C.CC(C)(C)C.CC(C)(C)c1ccccc1.c1ccc(-c2ccc(-c3ccccc3)cc2)cc1. The maximum Gasteiger partial charge on any atom is -0.0132 e. The molecule has 0 fully saturated rings. The molecule has 0 spiro atoms. The molecule has 0 amide bonds. The van der Waals surface area contributed by atoms with E-state index in [-0.39, 0.29) is 0 Å². The van der Waals surface area contributed by atoms with Crippen molar-refractivity contribution in [3.63, 3.8) is 0 Å². The van der Waals surface area contributed by atoms with Crippen LogP contribution >= 0.6 is 0 Å². The zero-order valence-corrected chi connectivity index (χ0v) is 38.5. The summed E-state index contributed by atoms with van der Waals surface area (Å²) in [5.74, 6) is 0. The van der Waals surface area contributed by atoms with Gasteiger partial charge in [0.1, 0.15) is 0 Å². The van der Waals surface area contributed by atoms with E-state index in [4.69, 9.17) is 0 Å². The van der Waals surface area contributed by atoms with Crippen LogP contribution in [-0.2, 0) is 5.41 Å². The zero-order chi connectivity index (χ0) is 41.3. The summed E-state index contributed by atoms with van der Waals surface area (Å²) in [4.78, 5) is 0. The molecular formula is C51H88. The lowest BCUT2D eigenvalue weighted by Gasteiger charge is -2.18. The fraction of sp³-hybridized carbons (Fsp3) is 0.529. The molecule has 0 aliphatic rings. The Morgan fingerprint density at radius 1 is 0.235 bits per heavy atom. The van der Waals surface area contributed by atoms with E-state index in [0.29, 0.717) is 21.7 Å². The van der Waals surface area contributed by atoms with E-state index in [2.05, 4.69) is 207 Å². The first kappa shape index (κ1) is 57.2. The third-order valence-corrected chi connectivity index (χ3v) is 4.74. The number of hydrogen-bond donors (Lipinski definition) is 0. The molecule has 0 N–H and O–H groups in total. The van der Waals surface area contributed by atoms with E-state index in [1.807, 2.05) is 67.5 Å². The molecule has 51 heavy (non-hydrogen) atoms. The predicted octanol–water partition coefficient (Wildman–Crippen LogP) is 18.3.